The summed E-state index contributed by atoms with van der Waals surface area (Å²) in [5, 5.41) is 36.1. The number of aromatic hydroxyl groups is 1. The summed E-state index contributed by atoms with van der Waals surface area (Å²) in [5.74, 6) is -2.19. The normalized spacial score (nSPS) is 14.5. The summed E-state index contributed by atoms with van der Waals surface area (Å²) in [4.78, 5) is 34.8. The summed E-state index contributed by atoms with van der Waals surface area (Å²) < 4.78 is 0. The molecule has 0 radical (unpaired) electrons. The number of amides is 1. The van der Waals surface area contributed by atoms with Crippen LogP contribution < -0.4 is 5.01 Å². The number of benzene rings is 3. The van der Waals surface area contributed by atoms with Crippen LogP contribution in [0.4, 0.5) is 11.4 Å². The first-order valence-electron chi connectivity index (χ1n) is 9.37. The van der Waals surface area contributed by atoms with Gasteiger partial charge in [0.15, 0.2) is 0 Å². The van der Waals surface area contributed by atoms with Crippen LogP contribution in [0.2, 0.25) is 0 Å². The van der Waals surface area contributed by atoms with Crippen LogP contribution in [0.15, 0.2) is 83.5 Å². The van der Waals surface area contributed by atoms with Gasteiger partial charge in [-0.15, -0.1) is 0 Å². The summed E-state index contributed by atoms with van der Waals surface area (Å²) in [6.45, 7) is 0. The molecule has 1 amide bonds. The molecule has 1 aliphatic rings. The van der Waals surface area contributed by atoms with E-state index in [2.05, 4.69) is 5.10 Å². The molecule has 32 heavy (non-hydrogen) atoms. The highest BCUT2D eigenvalue weighted by Gasteiger charge is 2.32. The third-order valence-electron chi connectivity index (χ3n) is 4.83. The number of rotatable bonds is 5. The topological polar surface area (TPSA) is 133 Å². The van der Waals surface area contributed by atoms with Gasteiger partial charge in [0, 0.05) is 17.2 Å². The van der Waals surface area contributed by atoms with Gasteiger partial charge in [0.1, 0.15) is 5.71 Å². The number of aromatic carboxylic acids is 1. The van der Waals surface area contributed by atoms with Gasteiger partial charge in [0.2, 0.25) is 5.75 Å². The van der Waals surface area contributed by atoms with Crippen molar-refractivity contribution in [1.82, 2.24) is 0 Å². The second-order valence-corrected chi connectivity index (χ2v) is 6.81. The fourth-order valence-electron chi connectivity index (χ4n) is 3.24. The van der Waals surface area contributed by atoms with Crippen molar-refractivity contribution in [2.45, 2.75) is 0 Å². The van der Waals surface area contributed by atoms with Gasteiger partial charge in [-0.2, -0.15) is 10.1 Å². The molecule has 0 unspecified atom stereocenters. The number of para-hydroxylation sites is 1. The zero-order valence-corrected chi connectivity index (χ0v) is 16.4. The maximum Gasteiger partial charge on any atom is 0.335 e. The van der Waals surface area contributed by atoms with Gasteiger partial charge >= 0.3 is 11.7 Å². The number of nitro benzene ring substituents is 1. The summed E-state index contributed by atoms with van der Waals surface area (Å²) >= 11 is 0. The van der Waals surface area contributed by atoms with Crippen molar-refractivity contribution in [3.8, 4) is 5.75 Å². The third-order valence-corrected chi connectivity index (χ3v) is 4.83. The number of hydrogen-bond acceptors (Lipinski definition) is 6. The van der Waals surface area contributed by atoms with Crippen LogP contribution in [0, 0.1) is 10.1 Å². The van der Waals surface area contributed by atoms with E-state index in [0.717, 1.165) is 11.1 Å². The number of hydrazone groups is 1. The van der Waals surface area contributed by atoms with E-state index in [1.807, 2.05) is 0 Å². The van der Waals surface area contributed by atoms with Crippen molar-refractivity contribution < 1.29 is 24.7 Å². The highest BCUT2D eigenvalue weighted by atomic mass is 16.6. The Morgan fingerprint density at radius 3 is 2.31 bits per heavy atom. The van der Waals surface area contributed by atoms with E-state index in [-0.39, 0.29) is 16.7 Å². The van der Waals surface area contributed by atoms with Gasteiger partial charge in [0.05, 0.1) is 21.7 Å². The number of carboxylic acid groups (broad SMARTS) is 1. The summed E-state index contributed by atoms with van der Waals surface area (Å²) in [7, 11) is 0. The van der Waals surface area contributed by atoms with Crippen LogP contribution in [-0.2, 0) is 4.79 Å². The molecular weight excluding hydrogens is 414 g/mol. The molecule has 2 N–H and O–H groups in total. The Morgan fingerprint density at radius 2 is 1.69 bits per heavy atom. The zero-order valence-electron chi connectivity index (χ0n) is 16.4. The molecule has 1 aliphatic heterocycles. The van der Waals surface area contributed by atoms with Crippen molar-refractivity contribution in [2.75, 3.05) is 5.01 Å². The first-order chi connectivity index (χ1) is 15.4. The van der Waals surface area contributed by atoms with E-state index in [9.17, 15) is 24.8 Å². The highest BCUT2D eigenvalue weighted by molar-refractivity contribution is 6.37. The smallest absolute Gasteiger partial charge is 0.335 e. The van der Waals surface area contributed by atoms with Gasteiger partial charge in [0.25, 0.3) is 5.91 Å². The Bertz CT molecular complexity index is 1300. The van der Waals surface area contributed by atoms with Crippen molar-refractivity contribution in [3.05, 3.63) is 105 Å². The fraction of sp³-hybridized carbons (Fsp3) is 0. The lowest BCUT2D eigenvalue weighted by molar-refractivity contribution is -0.385. The lowest BCUT2D eigenvalue weighted by Crippen LogP contribution is -2.21. The minimum Gasteiger partial charge on any atom is -0.502 e. The van der Waals surface area contributed by atoms with Crippen LogP contribution in [0.5, 0.6) is 5.75 Å². The van der Waals surface area contributed by atoms with Gasteiger partial charge in [-0.05, 0) is 30.3 Å². The second-order valence-electron chi connectivity index (χ2n) is 6.81. The number of carbonyl (C=O) groups excluding carboxylic acids is 1. The van der Waals surface area contributed by atoms with Gasteiger partial charge in [-0.25, -0.2) is 4.79 Å². The van der Waals surface area contributed by atoms with E-state index in [1.54, 1.807) is 30.3 Å². The van der Waals surface area contributed by atoms with Crippen LogP contribution in [-0.4, -0.2) is 32.7 Å². The van der Waals surface area contributed by atoms with Crippen LogP contribution in [0.1, 0.15) is 21.5 Å². The van der Waals surface area contributed by atoms with E-state index in [1.165, 1.54) is 42.5 Å². The number of phenols is 1. The SMILES string of the molecule is O=C(O)c1ccc(N2N=C(c3ccccc3)C(=Cc3cccc([N+](=O)[O-])c3O)C2=O)cc1. The lowest BCUT2D eigenvalue weighted by Gasteiger charge is -2.11. The van der Waals surface area contributed by atoms with Crippen LogP contribution >= 0.6 is 0 Å². The molecule has 4 rings (SSSR count). The Labute approximate surface area is 181 Å². The number of hydrogen-bond donors (Lipinski definition) is 2. The lowest BCUT2D eigenvalue weighted by atomic mass is 9.99. The zero-order chi connectivity index (χ0) is 22.8. The number of anilines is 1. The molecule has 3 aromatic rings. The van der Waals surface area contributed by atoms with Crippen molar-refractivity contribution in [2.24, 2.45) is 5.10 Å². The maximum atomic E-state index is 13.3. The number of nitro groups is 1. The Kier molecular flexibility index (Phi) is 5.22. The van der Waals surface area contributed by atoms with E-state index in [0.29, 0.717) is 17.0 Å². The Hall–Kier alpha value is -4.79. The standard InChI is InChI=1S/C23H15N3O6/c27-21-16(7-4-8-19(21)26(31)32)13-18-20(14-5-2-1-3-6-14)24-25(22(18)28)17-11-9-15(10-12-17)23(29)30/h1-13,27H,(H,29,30). The molecule has 0 atom stereocenters. The predicted octanol–water partition coefficient (Wildman–Crippen LogP) is 3.83. The number of phenolic OH excluding ortho intramolecular Hbond substituents is 1. The molecule has 9 heteroatoms. The molecule has 0 spiro atoms. The molecule has 1 heterocycles. The molecule has 0 saturated carbocycles. The molecule has 158 valence electrons. The summed E-state index contributed by atoms with van der Waals surface area (Å²) in [6.07, 6.45) is 1.35. The monoisotopic (exact) mass is 429 g/mol. The van der Waals surface area contributed by atoms with Crippen molar-refractivity contribution in [1.29, 1.82) is 0 Å². The molecule has 0 bridgehead atoms. The second kappa shape index (κ2) is 8.15. The Morgan fingerprint density at radius 1 is 1.00 bits per heavy atom. The molecule has 0 aliphatic carbocycles. The highest BCUT2D eigenvalue weighted by Crippen LogP contribution is 2.33. The van der Waals surface area contributed by atoms with Gasteiger partial charge in [-0.3, -0.25) is 14.9 Å². The quantitative estimate of drug-likeness (QED) is 0.360. The molecule has 9 nitrogen and oxygen atoms in total. The minimum absolute atomic E-state index is 0.0601. The number of carboxylic acids is 1. The molecule has 3 aromatic carbocycles. The van der Waals surface area contributed by atoms with Gasteiger partial charge in [-0.1, -0.05) is 42.5 Å². The molecule has 0 fully saturated rings. The van der Waals surface area contributed by atoms with Gasteiger partial charge < -0.3 is 10.2 Å². The van der Waals surface area contributed by atoms with Crippen LogP contribution in [0.3, 0.4) is 0 Å². The predicted molar refractivity (Wildman–Crippen MR) is 117 cm³/mol. The first-order valence-corrected chi connectivity index (χ1v) is 9.37. The average molecular weight is 429 g/mol. The maximum absolute atomic E-state index is 13.3. The fourth-order valence-corrected chi connectivity index (χ4v) is 3.24. The first kappa shape index (κ1) is 20.5. The van der Waals surface area contributed by atoms with E-state index < -0.39 is 28.2 Å². The van der Waals surface area contributed by atoms with Crippen molar-refractivity contribution >= 4 is 35.0 Å². The average Bonchev–Trinajstić information content (AvgIpc) is 3.11. The molecule has 0 aromatic heterocycles. The number of carbonyl (C=O) groups is 2. The minimum atomic E-state index is -1.10. The number of nitrogens with zero attached hydrogens (tertiary/aromatic N) is 3. The van der Waals surface area contributed by atoms with E-state index in [4.69, 9.17) is 5.11 Å². The van der Waals surface area contributed by atoms with E-state index >= 15 is 0 Å². The molecule has 0 saturated heterocycles. The largest absolute Gasteiger partial charge is 0.502 e. The van der Waals surface area contributed by atoms with Crippen LogP contribution in [0.25, 0.3) is 6.08 Å². The molecular formula is C23H15N3O6. The third kappa shape index (κ3) is 3.70. The summed E-state index contributed by atoms with van der Waals surface area (Å²) in [6, 6.07) is 18.5. The summed E-state index contributed by atoms with van der Waals surface area (Å²) in [5.41, 5.74) is 1.07. The Balaban J connectivity index is 1.83. The van der Waals surface area contributed by atoms with Crippen molar-refractivity contribution in [3.63, 3.8) is 0 Å².